The van der Waals surface area contributed by atoms with Crippen LogP contribution in [0.1, 0.15) is 22.8 Å². The van der Waals surface area contributed by atoms with Crippen molar-refractivity contribution in [3.05, 3.63) is 87.5 Å². The van der Waals surface area contributed by atoms with E-state index in [1.807, 2.05) is 13.0 Å². The molecule has 1 amide bonds. The molecule has 3 aromatic carbocycles. The lowest BCUT2D eigenvalue weighted by molar-refractivity contribution is 0.102. The third kappa shape index (κ3) is 4.30. The fraction of sp³-hybridized carbons (Fsp3) is 0.130. The number of anilines is 2. The van der Waals surface area contributed by atoms with Crippen LogP contribution in [0.2, 0.25) is 0 Å². The molecule has 7 nitrogen and oxygen atoms in total. The van der Waals surface area contributed by atoms with Gasteiger partial charge in [0.2, 0.25) is 0 Å². The number of benzene rings is 3. The van der Waals surface area contributed by atoms with Crippen LogP contribution in [0, 0.1) is 6.92 Å². The highest BCUT2D eigenvalue weighted by Crippen LogP contribution is 2.24. The van der Waals surface area contributed by atoms with Crippen molar-refractivity contribution in [2.24, 2.45) is 0 Å². The zero-order valence-electron chi connectivity index (χ0n) is 17.5. The predicted molar refractivity (Wildman–Crippen MR) is 128 cm³/mol. The second-order valence-corrected chi connectivity index (χ2v) is 9.87. The highest BCUT2D eigenvalue weighted by molar-refractivity contribution is 7.92. The SMILES string of the molecule is CCn1c(=O)sc2cc(NC(=O)c3ccc(NS(=O)(=O)c4ccccc4)c(C)c3)ccc21. The summed E-state index contributed by atoms with van der Waals surface area (Å²) < 4.78 is 30.2. The van der Waals surface area contributed by atoms with Gasteiger partial charge in [0.05, 0.1) is 20.8 Å². The lowest BCUT2D eigenvalue weighted by Crippen LogP contribution is -2.15. The van der Waals surface area contributed by atoms with Crippen LogP contribution >= 0.6 is 11.3 Å². The van der Waals surface area contributed by atoms with Gasteiger partial charge in [0.1, 0.15) is 0 Å². The number of rotatable bonds is 6. The topological polar surface area (TPSA) is 97.3 Å². The summed E-state index contributed by atoms with van der Waals surface area (Å²) in [6.45, 7) is 4.23. The number of fused-ring (bicyclic) bond motifs is 1. The van der Waals surface area contributed by atoms with Gasteiger partial charge in [0.25, 0.3) is 15.9 Å². The van der Waals surface area contributed by atoms with Crippen LogP contribution < -0.4 is 14.9 Å². The Morgan fingerprint density at radius 2 is 1.78 bits per heavy atom. The summed E-state index contributed by atoms with van der Waals surface area (Å²) in [5.74, 6) is -0.327. The maximum absolute atomic E-state index is 12.7. The Bertz CT molecular complexity index is 1470. The van der Waals surface area contributed by atoms with E-state index < -0.39 is 10.0 Å². The van der Waals surface area contributed by atoms with Crippen molar-refractivity contribution in [2.75, 3.05) is 10.0 Å². The number of amides is 1. The van der Waals surface area contributed by atoms with Gasteiger partial charge < -0.3 is 5.32 Å². The number of sulfonamides is 1. The molecule has 1 aromatic heterocycles. The van der Waals surface area contributed by atoms with Crippen LogP contribution in [0.4, 0.5) is 11.4 Å². The molecule has 32 heavy (non-hydrogen) atoms. The van der Waals surface area contributed by atoms with E-state index in [1.54, 1.807) is 60.0 Å². The van der Waals surface area contributed by atoms with Crippen LogP contribution in [-0.2, 0) is 16.6 Å². The molecule has 0 aliphatic carbocycles. The van der Waals surface area contributed by atoms with Crippen molar-refractivity contribution in [3.8, 4) is 0 Å². The van der Waals surface area contributed by atoms with Gasteiger partial charge in [-0.05, 0) is 67.9 Å². The summed E-state index contributed by atoms with van der Waals surface area (Å²) in [4.78, 5) is 24.9. The predicted octanol–water partition coefficient (Wildman–Crippen LogP) is 4.44. The molecule has 0 spiro atoms. The van der Waals surface area contributed by atoms with E-state index in [2.05, 4.69) is 10.0 Å². The van der Waals surface area contributed by atoms with Crippen molar-refractivity contribution in [1.82, 2.24) is 4.57 Å². The minimum Gasteiger partial charge on any atom is -0.322 e. The molecule has 0 fully saturated rings. The third-order valence-corrected chi connectivity index (χ3v) is 7.35. The molecule has 0 unspecified atom stereocenters. The molecule has 0 aliphatic rings. The van der Waals surface area contributed by atoms with Gasteiger partial charge in [-0.25, -0.2) is 8.42 Å². The average Bonchev–Trinajstić information content (AvgIpc) is 3.09. The Morgan fingerprint density at radius 1 is 1.03 bits per heavy atom. The minimum absolute atomic E-state index is 0.0323. The molecule has 4 aromatic rings. The molecule has 0 atom stereocenters. The number of aromatic nitrogens is 1. The average molecular weight is 468 g/mol. The van der Waals surface area contributed by atoms with Crippen molar-refractivity contribution in [3.63, 3.8) is 0 Å². The number of aryl methyl sites for hydroxylation is 2. The van der Waals surface area contributed by atoms with E-state index in [4.69, 9.17) is 0 Å². The summed E-state index contributed by atoms with van der Waals surface area (Å²) in [5, 5.41) is 2.84. The summed E-state index contributed by atoms with van der Waals surface area (Å²) >= 11 is 1.14. The number of nitrogens with one attached hydrogen (secondary N) is 2. The molecule has 0 aliphatic heterocycles. The number of carbonyl (C=O) groups excluding carboxylic acids is 1. The Kier molecular flexibility index (Phi) is 5.86. The van der Waals surface area contributed by atoms with E-state index in [0.29, 0.717) is 29.0 Å². The number of hydrogen-bond donors (Lipinski definition) is 2. The zero-order valence-corrected chi connectivity index (χ0v) is 19.1. The first-order valence-electron chi connectivity index (χ1n) is 9.92. The quantitative estimate of drug-likeness (QED) is 0.438. The third-order valence-electron chi connectivity index (χ3n) is 5.03. The van der Waals surface area contributed by atoms with E-state index in [1.165, 1.54) is 12.1 Å². The second kappa shape index (κ2) is 8.60. The van der Waals surface area contributed by atoms with Crippen LogP contribution in [-0.4, -0.2) is 18.9 Å². The van der Waals surface area contributed by atoms with Crippen LogP contribution in [0.3, 0.4) is 0 Å². The largest absolute Gasteiger partial charge is 0.322 e. The molecule has 0 saturated carbocycles. The first-order valence-corrected chi connectivity index (χ1v) is 12.2. The monoisotopic (exact) mass is 467 g/mol. The van der Waals surface area contributed by atoms with Crippen molar-refractivity contribution >= 4 is 48.9 Å². The van der Waals surface area contributed by atoms with Gasteiger partial charge in [-0.15, -0.1) is 0 Å². The molecule has 0 bridgehead atoms. The molecule has 164 valence electrons. The van der Waals surface area contributed by atoms with Gasteiger partial charge in [0, 0.05) is 17.8 Å². The fourth-order valence-corrected chi connectivity index (χ4v) is 5.52. The van der Waals surface area contributed by atoms with E-state index in [9.17, 15) is 18.0 Å². The van der Waals surface area contributed by atoms with Crippen molar-refractivity contribution in [1.29, 1.82) is 0 Å². The van der Waals surface area contributed by atoms with Crippen molar-refractivity contribution in [2.45, 2.75) is 25.3 Å². The van der Waals surface area contributed by atoms with Gasteiger partial charge in [-0.2, -0.15) is 0 Å². The van der Waals surface area contributed by atoms with Crippen LogP contribution in [0.15, 0.2) is 76.4 Å². The summed E-state index contributed by atoms with van der Waals surface area (Å²) in [7, 11) is -3.72. The first kappa shape index (κ1) is 21.8. The maximum Gasteiger partial charge on any atom is 0.308 e. The zero-order chi connectivity index (χ0) is 22.9. The lowest BCUT2D eigenvalue weighted by atomic mass is 10.1. The maximum atomic E-state index is 12.7. The van der Waals surface area contributed by atoms with Crippen LogP contribution in [0.5, 0.6) is 0 Å². The van der Waals surface area contributed by atoms with Gasteiger partial charge >= 0.3 is 4.87 Å². The second-order valence-electron chi connectivity index (χ2n) is 7.20. The lowest BCUT2D eigenvalue weighted by Gasteiger charge is -2.12. The number of nitrogens with zero attached hydrogens (tertiary/aromatic N) is 1. The molecule has 0 saturated heterocycles. The smallest absolute Gasteiger partial charge is 0.308 e. The Labute approximate surface area is 189 Å². The highest BCUT2D eigenvalue weighted by atomic mass is 32.2. The molecule has 0 radical (unpaired) electrons. The number of hydrogen-bond acceptors (Lipinski definition) is 5. The fourth-order valence-electron chi connectivity index (χ4n) is 3.37. The normalized spacial score (nSPS) is 11.4. The molecule has 1 heterocycles. The summed E-state index contributed by atoms with van der Waals surface area (Å²) in [6, 6.07) is 18.2. The summed E-state index contributed by atoms with van der Waals surface area (Å²) in [5.41, 5.74) is 2.83. The standard InChI is InChI=1S/C23H21N3O4S2/c1-3-26-20-12-10-17(14-21(20)31-23(26)28)24-22(27)16-9-11-19(15(2)13-16)25-32(29,30)18-7-5-4-6-8-18/h4-14,25H,3H2,1-2H3,(H,24,27). The van der Waals surface area contributed by atoms with Crippen molar-refractivity contribution < 1.29 is 13.2 Å². The van der Waals surface area contributed by atoms with Gasteiger partial charge in [-0.3, -0.25) is 18.9 Å². The Hall–Kier alpha value is -3.43. The minimum atomic E-state index is -3.72. The Balaban J connectivity index is 1.53. The van der Waals surface area contributed by atoms with E-state index >= 15 is 0 Å². The highest BCUT2D eigenvalue weighted by Gasteiger charge is 2.16. The van der Waals surface area contributed by atoms with Gasteiger partial charge in [0.15, 0.2) is 0 Å². The Morgan fingerprint density at radius 3 is 2.47 bits per heavy atom. The number of carbonyl (C=O) groups is 1. The van der Waals surface area contributed by atoms with Gasteiger partial charge in [-0.1, -0.05) is 29.5 Å². The molecular weight excluding hydrogens is 446 g/mol. The summed E-state index contributed by atoms with van der Waals surface area (Å²) in [6.07, 6.45) is 0. The van der Waals surface area contributed by atoms with Crippen LogP contribution in [0.25, 0.3) is 10.2 Å². The number of thiazole rings is 1. The molecule has 2 N–H and O–H groups in total. The van der Waals surface area contributed by atoms with E-state index in [0.717, 1.165) is 21.6 Å². The van der Waals surface area contributed by atoms with E-state index in [-0.39, 0.29) is 15.7 Å². The molecular formula is C23H21N3O4S2. The molecule has 9 heteroatoms. The first-order chi connectivity index (χ1) is 15.3. The molecule has 4 rings (SSSR count).